The maximum absolute atomic E-state index is 14.1. The number of amides is 1. The second kappa shape index (κ2) is 10.4. The first kappa shape index (κ1) is 24.5. The minimum atomic E-state index is -0.603. The summed E-state index contributed by atoms with van der Waals surface area (Å²) in [5, 5.41) is 10.5. The number of anilines is 2. The van der Waals surface area contributed by atoms with Gasteiger partial charge in [0.25, 0.3) is 5.91 Å². The Bertz CT molecular complexity index is 1490. The van der Waals surface area contributed by atoms with Crippen LogP contribution in [0.5, 0.6) is 11.5 Å². The Balaban J connectivity index is 1.52. The number of nitrogens with zero attached hydrogens (tertiary/aromatic N) is 3. The molecule has 37 heavy (non-hydrogen) atoms. The monoisotopic (exact) mass is 563 g/mol. The van der Waals surface area contributed by atoms with Crippen molar-refractivity contribution in [2.45, 2.75) is 19.6 Å². The molecular formula is C27H23BrFN5O3. The van der Waals surface area contributed by atoms with E-state index < -0.39 is 6.04 Å². The third kappa shape index (κ3) is 4.92. The molecule has 1 aliphatic rings. The standard InChI is InChI=1S/C27H23BrFN5O3/c1-16-23(26(35)33-19-9-4-3-5-10-19)24(34-27(32-16)30-15-31-34)18-12-20(28)25(22(13-18)36-2)37-14-17-8-6-7-11-21(17)29/h3-13,15,24H,14H2,1-2H3,(H,33,35)(H,30,31,32). The Kier molecular flexibility index (Phi) is 6.91. The van der Waals surface area contributed by atoms with Crippen molar-refractivity contribution in [1.29, 1.82) is 0 Å². The van der Waals surface area contributed by atoms with Crippen LogP contribution in [0.15, 0.2) is 88.8 Å². The molecule has 0 saturated heterocycles. The highest BCUT2D eigenvalue weighted by Crippen LogP contribution is 2.43. The van der Waals surface area contributed by atoms with Crippen molar-refractivity contribution in [1.82, 2.24) is 14.8 Å². The maximum atomic E-state index is 14.1. The van der Waals surface area contributed by atoms with Crippen molar-refractivity contribution in [2.24, 2.45) is 0 Å². The van der Waals surface area contributed by atoms with Gasteiger partial charge in [-0.1, -0.05) is 36.4 Å². The van der Waals surface area contributed by atoms with E-state index >= 15 is 0 Å². The molecular weight excluding hydrogens is 541 g/mol. The summed E-state index contributed by atoms with van der Waals surface area (Å²) in [6.07, 6.45) is 1.43. The molecule has 0 aliphatic carbocycles. The average Bonchev–Trinajstić information content (AvgIpc) is 3.36. The molecule has 0 fully saturated rings. The van der Waals surface area contributed by atoms with Crippen LogP contribution in [0.3, 0.4) is 0 Å². The van der Waals surface area contributed by atoms with Crippen LogP contribution in [-0.4, -0.2) is 27.8 Å². The number of hydrogen-bond donors (Lipinski definition) is 2. The van der Waals surface area contributed by atoms with E-state index in [1.165, 1.54) is 19.5 Å². The van der Waals surface area contributed by atoms with Crippen molar-refractivity contribution in [3.05, 3.63) is 106 Å². The lowest BCUT2D eigenvalue weighted by molar-refractivity contribution is -0.113. The number of allylic oxidation sites excluding steroid dienone is 1. The number of hydrogen-bond acceptors (Lipinski definition) is 6. The van der Waals surface area contributed by atoms with Gasteiger partial charge in [-0.2, -0.15) is 10.1 Å². The number of halogens is 2. The predicted octanol–water partition coefficient (Wildman–Crippen LogP) is 5.69. The summed E-state index contributed by atoms with van der Waals surface area (Å²) in [5.41, 5.74) is 2.92. The number of fused-ring (bicyclic) bond motifs is 1. The number of carbonyl (C=O) groups excluding carboxylic acids is 1. The predicted molar refractivity (Wildman–Crippen MR) is 141 cm³/mol. The van der Waals surface area contributed by atoms with Crippen LogP contribution in [0.2, 0.25) is 0 Å². The molecule has 188 valence electrons. The molecule has 2 heterocycles. The summed E-state index contributed by atoms with van der Waals surface area (Å²) < 4.78 is 27.9. The molecule has 4 aromatic rings. The van der Waals surface area contributed by atoms with Gasteiger partial charge in [-0.3, -0.25) is 4.79 Å². The zero-order chi connectivity index (χ0) is 25.9. The van der Waals surface area contributed by atoms with E-state index in [0.717, 1.165) is 0 Å². The van der Waals surface area contributed by atoms with Crippen molar-refractivity contribution >= 4 is 33.5 Å². The number of methoxy groups -OCH3 is 1. The van der Waals surface area contributed by atoms with Crippen LogP contribution >= 0.6 is 15.9 Å². The van der Waals surface area contributed by atoms with E-state index in [9.17, 15) is 9.18 Å². The van der Waals surface area contributed by atoms with Crippen LogP contribution in [0, 0.1) is 5.82 Å². The van der Waals surface area contributed by atoms with Crippen LogP contribution in [0.4, 0.5) is 16.0 Å². The number of aromatic nitrogens is 3. The average molecular weight is 564 g/mol. The third-order valence-electron chi connectivity index (χ3n) is 5.97. The van der Waals surface area contributed by atoms with E-state index in [1.54, 1.807) is 28.9 Å². The molecule has 2 N–H and O–H groups in total. The lowest BCUT2D eigenvalue weighted by Gasteiger charge is -2.29. The van der Waals surface area contributed by atoms with Crippen LogP contribution in [0.25, 0.3) is 0 Å². The number of benzene rings is 3. The summed E-state index contributed by atoms with van der Waals surface area (Å²) in [6, 6.07) is 18.7. The molecule has 0 spiro atoms. The Morgan fingerprint density at radius 2 is 1.92 bits per heavy atom. The van der Waals surface area contributed by atoms with E-state index in [2.05, 4.69) is 36.6 Å². The molecule has 1 amide bonds. The summed E-state index contributed by atoms with van der Waals surface area (Å²) >= 11 is 3.58. The number of rotatable bonds is 7. The minimum absolute atomic E-state index is 0.0191. The molecule has 10 heteroatoms. The normalized spacial score (nSPS) is 14.5. The number of carbonyl (C=O) groups is 1. The number of nitrogens with one attached hydrogen (secondary N) is 2. The van der Waals surface area contributed by atoms with Gasteiger partial charge in [-0.25, -0.2) is 9.07 Å². The zero-order valence-electron chi connectivity index (χ0n) is 20.0. The van der Waals surface area contributed by atoms with Crippen LogP contribution in [0.1, 0.15) is 24.1 Å². The second-order valence-corrected chi connectivity index (χ2v) is 9.18. The molecule has 0 saturated carbocycles. The molecule has 1 aromatic heterocycles. The van der Waals surface area contributed by atoms with Crippen LogP contribution < -0.4 is 20.1 Å². The fourth-order valence-corrected chi connectivity index (χ4v) is 4.79. The first-order valence-electron chi connectivity index (χ1n) is 11.4. The highest BCUT2D eigenvalue weighted by molar-refractivity contribution is 9.10. The van der Waals surface area contributed by atoms with Gasteiger partial charge in [0.05, 0.1) is 17.2 Å². The summed E-state index contributed by atoms with van der Waals surface area (Å²) in [4.78, 5) is 17.8. The SMILES string of the molecule is COc1cc(C2C(C(=O)Nc3ccccc3)=C(C)Nc3ncnn32)cc(Br)c1OCc1ccccc1F. The first-order chi connectivity index (χ1) is 18.0. The maximum Gasteiger partial charge on any atom is 0.255 e. The molecule has 8 nitrogen and oxygen atoms in total. The number of ether oxygens (including phenoxy) is 2. The van der Waals surface area contributed by atoms with Gasteiger partial charge in [0.1, 0.15) is 24.8 Å². The van der Waals surface area contributed by atoms with E-state index in [4.69, 9.17) is 9.47 Å². The number of para-hydroxylation sites is 1. The molecule has 3 aromatic carbocycles. The summed E-state index contributed by atoms with van der Waals surface area (Å²) in [5.74, 6) is 0.711. The Labute approximate surface area is 221 Å². The second-order valence-electron chi connectivity index (χ2n) is 8.33. The highest BCUT2D eigenvalue weighted by Gasteiger charge is 2.34. The zero-order valence-corrected chi connectivity index (χ0v) is 21.6. The van der Waals surface area contributed by atoms with Crippen molar-refractivity contribution in [2.75, 3.05) is 17.7 Å². The molecule has 1 unspecified atom stereocenters. The van der Waals surface area contributed by atoms with E-state index in [0.29, 0.717) is 50.0 Å². The lowest BCUT2D eigenvalue weighted by atomic mass is 9.94. The molecule has 1 aliphatic heterocycles. The van der Waals surface area contributed by atoms with Gasteiger partial charge >= 0.3 is 0 Å². The lowest BCUT2D eigenvalue weighted by Crippen LogP contribution is -2.31. The fraction of sp³-hybridized carbons (Fsp3) is 0.148. The van der Waals surface area contributed by atoms with Crippen molar-refractivity contribution in [3.63, 3.8) is 0 Å². The molecule has 0 radical (unpaired) electrons. The third-order valence-corrected chi connectivity index (χ3v) is 6.56. The largest absolute Gasteiger partial charge is 0.493 e. The van der Waals surface area contributed by atoms with Gasteiger partial charge in [-0.15, -0.1) is 0 Å². The van der Waals surface area contributed by atoms with Crippen molar-refractivity contribution < 1.29 is 18.7 Å². The Hall–Kier alpha value is -4.18. The van der Waals surface area contributed by atoms with Gasteiger partial charge in [0.2, 0.25) is 5.95 Å². The fourth-order valence-electron chi connectivity index (χ4n) is 4.22. The van der Waals surface area contributed by atoms with Gasteiger partial charge in [-0.05, 0) is 58.7 Å². The first-order valence-corrected chi connectivity index (χ1v) is 12.2. The Morgan fingerprint density at radius 3 is 2.68 bits per heavy atom. The van der Waals surface area contributed by atoms with Gasteiger partial charge in [0.15, 0.2) is 11.5 Å². The van der Waals surface area contributed by atoms with E-state index in [1.807, 2.05) is 43.3 Å². The molecule has 1 atom stereocenters. The quantitative estimate of drug-likeness (QED) is 0.300. The van der Waals surface area contributed by atoms with Gasteiger partial charge < -0.3 is 20.1 Å². The molecule has 5 rings (SSSR count). The van der Waals surface area contributed by atoms with Crippen molar-refractivity contribution in [3.8, 4) is 11.5 Å². The molecule has 0 bridgehead atoms. The topological polar surface area (TPSA) is 90.3 Å². The van der Waals surface area contributed by atoms with E-state index in [-0.39, 0.29) is 18.3 Å². The smallest absolute Gasteiger partial charge is 0.255 e. The van der Waals surface area contributed by atoms with Gasteiger partial charge in [0, 0.05) is 16.9 Å². The Morgan fingerprint density at radius 1 is 1.16 bits per heavy atom. The minimum Gasteiger partial charge on any atom is -0.493 e. The summed E-state index contributed by atoms with van der Waals surface area (Å²) in [6.45, 7) is 1.84. The summed E-state index contributed by atoms with van der Waals surface area (Å²) in [7, 11) is 1.52. The highest BCUT2D eigenvalue weighted by atomic mass is 79.9. The van der Waals surface area contributed by atoms with Crippen LogP contribution in [-0.2, 0) is 11.4 Å².